The van der Waals surface area contributed by atoms with Crippen molar-refractivity contribution < 1.29 is 8.78 Å². The van der Waals surface area contributed by atoms with Crippen LogP contribution in [0.15, 0.2) is 29.0 Å². The molecule has 90 valence electrons. The van der Waals surface area contributed by atoms with Crippen molar-refractivity contribution in [2.75, 3.05) is 5.32 Å². The summed E-state index contributed by atoms with van der Waals surface area (Å²) in [6.45, 7) is 3.50. The molecule has 4 heteroatoms. The standard InChI is InChI=1S/C13H13F2NS/c1-8-3-4-11(14)13(12(8)15)16-9(2)10-5-6-17-7-10/h3-7,9,16H,1-2H3. The third kappa shape index (κ3) is 2.47. The fourth-order valence-electron chi connectivity index (χ4n) is 1.61. The summed E-state index contributed by atoms with van der Waals surface area (Å²) < 4.78 is 27.3. The van der Waals surface area contributed by atoms with E-state index in [1.807, 2.05) is 23.8 Å². The Bertz CT molecular complexity index is 508. The zero-order valence-corrected chi connectivity index (χ0v) is 10.4. The van der Waals surface area contributed by atoms with Gasteiger partial charge in [0.2, 0.25) is 0 Å². The van der Waals surface area contributed by atoms with Crippen molar-refractivity contribution in [3.63, 3.8) is 0 Å². The van der Waals surface area contributed by atoms with Crippen LogP contribution >= 0.6 is 11.3 Å². The van der Waals surface area contributed by atoms with Gasteiger partial charge in [0.05, 0.1) is 0 Å². The highest BCUT2D eigenvalue weighted by Gasteiger charge is 2.14. The lowest BCUT2D eigenvalue weighted by Crippen LogP contribution is -2.09. The zero-order valence-electron chi connectivity index (χ0n) is 9.63. The molecule has 1 unspecified atom stereocenters. The molecule has 1 atom stereocenters. The summed E-state index contributed by atoms with van der Waals surface area (Å²) in [5, 5.41) is 6.78. The van der Waals surface area contributed by atoms with Gasteiger partial charge in [-0.1, -0.05) is 6.07 Å². The normalized spacial score (nSPS) is 12.5. The maximum Gasteiger partial charge on any atom is 0.152 e. The van der Waals surface area contributed by atoms with E-state index in [-0.39, 0.29) is 11.7 Å². The molecule has 1 N–H and O–H groups in total. The average Bonchev–Trinajstić information content (AvgIpc) is 2.83. The van der Waals surface area contributed by atoms with Gasteiger partial charge in [0, 0.05) is 6.04 Å². The molecule has 0 spiro atoms. The van der Waals surface area contributed by atoms with Crippen LogP contribution in [0, 0.1) is 18.6 Å². The van der Waals surface area contributed by atoms with Gasteiger partial charge in [0.25, 0.3) is 0 Å². The second-order valence-electron chi connectivity index (χ2n) is 3.98. The van der Waals surface area contributed by atoms with Crippen LogP contribution < -0.4 is 5.32 Å². The van der Waals surface area contributed by atoms with Crippen LogP contribution in [0.4, 0.5) is 14.5 Å². The van der Waals surface area contributed by atoms with E-state index in [9.17, 15) is 8.78 Å². The third-order valence-electron chi connectivity index (χ3n) is 2.69. The molecule has 0 fully saturated rings. The number of nitrogens with one attached hydrogen (secondary N) is 1. The molecule has 1 aromatic heterocycles. The SMILES string of the molecule is Cc1ccc(F)c(NC(C)c2ccsc2)c1F. The first-order valence-corrected chi connectivity index (χ1v) is 6.27. The van der Waals surface area contributed by atoms with Gasteiger partial charge >= 0.3 is 0 Å². The molecular formula is C13H13F2NS. The molecule has 0 amide bonds. The molecule has 0 saturated heterocycles. The van der Waals surface area contributed by atoms with Crippen LogP contribution in [-0.2, 0) is 0 Å². The smallest absolute Gasteiger partial charge is 0.152 e. The van der Waals surface area contributed by atoms with Crippen molar-refractivity contribution in [3.05, 3.63) is 51.7 Å². The number of hydrogen-bond acceptors (Lipinski definition) is 2. The number of hydrogen-bond donors (Lipinski definition) is 1. The van der Waals surface area contributed by atoms with Crippen molar-refractivity contribution in [1.82, 2.24) is 0 Å². The van der Waals surface area contributed by atoms with Crippen molar-refractivity contribution in [3.8, 4) is 0 Å². The molecule has 1 heterocycles. The molecule has 1 aromatic carbocycles. The number of thiophene rings is 1. The van der Waals surface area contributed by atoms with Crippen LogP contribution in [0.3, 0.4) is 0 Å². The Kier molecular flexibility index (Phi) is 3.43. The van der Waals surface area contributed by atoms with E-state index in [0.717, 1.165) is 5.56 Å². The maximum atomic E-state index is 13.8. The van der Waals surface area contributed by atoms with E-state index in [1.165, 1.54) is 12.1 Å². The second kappa shape index (κ2) is 4.84. The Labute approximate surface area is 103 Å². The predicted octanol–water partition coefficient (Wildman–Crippen LogP) is 4.51. The quantitative estimate of drug-likeness (QED) is 0.848. The van der Waals surface area contributed by atoms with E-state index >= 15 is 0 Å². The topological polar surface area (TPSA) is 12.0 Å². The molecule has 1 nitrogen and oxygen atoms in total. The summed E-state index contributed by atoms with van der Waals surface area (Å²) in [6.07, 6.45) is 0. The van der Waals surface area contributed by atoms with E-state index in [4.69, 9.17) is 0 Å². The number of aryl methyl sites for hydroxylation is 1. The van der Waals surface area contributed by atoms with E-state index in [1.54, 1.807) is 18.3 Å². The van der Waals surface area contributed by atoms with Crippen LogP contribution in [0.2, 0.25) is 0 Å². The Morgan fingerprint density at radius 1 is 1.24 bits per heavy atom. The van der Waals surface area contributed by atoms with E-state index in [2.05, 4.69) is 5.32 Å². The molecule has 0 saturated carbocycles. The molecule has 0 aliphatic carbocycles. The fourth-order valence-corrected chi connectivity index (χ4v) is 2.36. The minimum atomic E-state index is -0.560. The van der Waals surface area contributed by atoms with Crippen molar-refractivity contribution in [2.24, 2.45) is 0 Å². The first-order valence-electron chi connectivity index (χ1n) is 5.33. The van der Waals surface area contributed by atoms with E-state index < -0.39 is 11.6 Å². The zero-order chi connectivity index (χ0) is 12.4. The number of rotatable bonds is 3. The summed E-state index contributed by atoms with van der Waals surface area (Å²) in [5.74, 6) is -1.08. The molecule has 0 radical (unpaired) electrons. The van der Waals surface area contributed by atoms with Crippen molar-refractivity contribution in [1.29, 1.82) is 0 Å². The average molecular weight is 253 g/mol. The van der Waals surface area contributed by atoms with Crippen LogP contribution in [0.25, 0.3) is 0 Å². The lowest BCUT2D eigenvalue weighted by atomic mass is 10.1. The Balaban J connectivity index is 2.27. The van der Waals surface area contributed by atoms with Gasteiger partial charge in [-0.05, 0) is 47.9 Å². The first kappa shape index (κ1) is 12.0. The number of anilines is 1. The summed E-state index contributed by atoms with van der Waals surface area (Å²) in [4.78, 5) is 0. The molecule has 2 aromatic rings. The Hall–Kier alpha value is -1.42. The lowest BCUT2D eigenvalue weighted by Gasteiger charge is -2.16. The maximum absolute atomic E-state index is 13.8. The highest BCUT2D eigenvalue weighted by molar-refractivity contribution is 7.07. The molecule has 2 rings (SSSR count). The summed E-state index contributed by atoms with van der Waals surface area (Å²) >= 11 is 1.56. The highest BCUT2D eigenvalue weighted by Crippen LogP contribution is 2.27. The van der Waals surface area contributed by atoms with Crippen LogP contribution in [0.1, 0.15) is 24.1 Å². The van der Waals surface area contributed by atoms with Gasteiger partial charge in [-0.2, -0.15) is 11.3 Å². The van der Waals surface area contributed by atoms with E-state index in [0.29, 0.717) is 5.56 Å². The van der Waals surface area contributed by atoms with Gasteiger partial charge in [-0.3, -0.25) is 0 Å². The minimum absolute atomic E-state index is 0.0521. The van der Waals surface area contributed by atoms with Crippen LogP contribution in [0.5, 0.6) is 0 Å². The fraction of sp³-hybridized carbons (Fsp3) is 0.231. The second-order valence-corrected chi connectivity index (χ2v) is 4.76. The molecule has 0 aliphatic heterocycles. The molecular weight excluding hydrogens is 240 g/mol. The highest BCUT2D eigenvalue weighted by atomic mass is 32.1. The summed E-state index contributed by atoms with van der Waals surface area (Å²) in [6, 6.07) is 4.53. The Morgan fingerprint density at radius 3 is 2.65 bits per heavy atom. The summed E-state index contributed by atoms with van der Waals surface area (Å²) in [5.41, 5.74) is 1.41. The van der Waals surface area contributed by atoms with Gasteiger partial charge in [-0.25, -0.2) is 8.78 Å². The molecule has 0 bridgehead atoms. The monoisotopic (exact) mass is 253 g/mol. The van der Waals surface area contributed by atoms with Gasteiger partial charge < -0.3 is 5.32 Å². The predicted molar refractivity (Wildman–Crippen MR) is 67.5 cm³/mol. The van der Waals surface area contributed by atoms with Crippen molar-refractivity contribution >= 4 is 17.0 Å². The van der Waals surface area contributed by atoms with Gasteiger partial charge in [-0.15, -0.1) is 0 Å². The number of halogens is 2. The van der Waals surface area contributed by atoms with Gasteiger partial charge in [0.1, 0.15) is 11.5 Å². The first-order chi connectivity index (χ1) is 8.09. The largest absolute Gasteiger partial charge is 0.374 e. The molecule has 0 aliphatic rings. The third-order valence-corrected chi connectivity index (χ3v) is 3.39. The van der Waals surface area contributed by atoms with Gasteiger partial charge in [0.15, 0.2) is 5.82 Å². The van der Waals surface area contributed by atoms with Crippen molar-refractivity contribution in [2.45, 2.75) is 19.9 Å². The summed E-state index contributed by atoms with van der Waals surface area (Å²) in [7, 11) is 0. The minimum Gasteiger partial charge on any atom is -0.374 e. The van der Waals surface area contributed by atoms with Crippen LogP contribution in [-0.4, -0.2) is 0 Å². The molecule has 17 heavy (non-hydrogen) atoms. The Morgan fingerprint density at radius 2 is 2.00 bits per heavy atom. The lowest BCUT2D eigenvalue weighted by molar-refractivity contribution is 0.579. The number of benzene rings is 1.